The SMILES string of the molecule is O=C(COC(=O)c1cc(-c2ccncc2)nc2ccccc12)NCc1ccc(Cl)cc1Cl. The van der Waals surface area contributed by atoms with Crippen molar-refractivity contribution in [3.8, 4) is 11.3 Å². The van der Waals surface area contributed by atoms with Crippen molar-refractivity contribution in [2.45, 2.75) is 6.54 Å². The monoisotopic (exact) mass is 465 g/mol. The van der Waals surface area contributed by atoms with Gasteiger partial charge in [0, 0.05) is 39.9 Å². The molecule has 2 heterocycles. The predicted octanol–water partition coefficient (Wildman–Crippen LogP) is 5.08. The number of fused-ring (bicyclic) bond motifs is 1. The molecule has 8 heteroatoms. The Morgan fingerprint density at radius 1 is 0.969 bits per heavy atom. The summed E-state index contributed by atoms with van der Waals surface area (Å²) >= 11 is 12.0. The van der Waals surface area contributed by atoms with Gasteiger partial charge in [-0.25, -0.2) is 9.78 Å². The van der Waals surface area contributed by atoms with E-state index in [4.69, 9.17) is 27.9 Å². The number of esters is 1. The van der Waals surface area contributed by atoms with E-state index in [1.807, 2.05) is 30.3 Å². The smallest absolute Gasteiger partial charge is 0.339 e. The zero-order valence-corrected chi connectivity index (χ0v) is 18.2. The van der Waals surface area contributed by atoms with Gasteiger partial charge >= 0.3 is 5.97 Å². The molecule has 4 rings (SSSR count). The lowest BCUT2D eigenvalue weighted by atomic mass is 10.0. The molecule has 0 spiro atoms. The van der Waals surface area contributed by atoms with Crippen molar-refractivity contribution in [3.05, 3.63) is 94.2 Å². The number of nitrogens with one attached hydrogen (secondary N) is 1. The lowest BCUT2D eigenvalue weighted by Crippen LogP contribution is -2.28. The fourth-order valence-corrected chi connectivity index (χ4v) is 3.61. The summed E-state index contributed by atoms with van der Waals surface area (Å²) in [5.74, 6) is -1.06. The van der Waals surface area contributed by atoms with E-state index < -0.39 is 18.5 Å². The minimum Gasteiger partial charge on any atom is -0.452 e. The second-order valence-corrected chi connectivity index (χ2v) is 7.74. The van der Waals surface area contributed by atoms with E-state index in [0.717, 1.165) is 5.56 Å². The van der Waals surface area contributed by atoms with E-state index in [9.17, 15) is 9.59 Å². The summed E-state index contributed by atoms with van der Waals surface area (Å²) in [4.78, 5) is 33.7. The van der Waals surface area contributed by atoms with Gasteiger partial charge in [-0.05, 0) is 42.0 Å². The number of nitrogens with zero attached hydrogens (tertiary/aromatic N) is 2. The Labute approximate surface area is 194 Å². The van der Waals surface area contributed by atoms with Crippen LogP contribution in [0, 0.1) is 0 Å². The number of aromatic nitrogens is 2. The maximum atomic E-state index is 12.8. The van der Waals surface area contributed by atoms with Crippen molar-refractivity contribution in [1.82, 2.24) is 15.3 Å². The van der Waals surface area contributed by atoms with Crippen LogP contribution in [0.1, 0.15) is 15.9 Å². The Morgan fingerprint density at radius 3 is 2.53 bits per heavy atom. The largest absolute Gasteiger partial charge is 0.452 e. The second kappa shape index (κ2) is 9.77. The van der Waals surface area contributed by atoms with Crippen LogP contribution < -0.4 is 5.32 Å². The highest BCUT2D eigenvalue weighted by Crippen LogP contribution is 2.25. The van der Waals surface area contributed by atoms with Gasteiger partial charge in [-0.2, -0.15) is 0 Å². The average molecular weight is 466 g/mol. The Balaban J connectivity index is 1.48. The van der Waals surface area contributed by atoms with E-state index in [0.29, 0.717) is 37.8 Å². The molecule has 0 saturated heterocycles. The van der Waals surface area contributed by atoms with Crippen molar-refractivity contribution in [2.24, 2.45) is 0 Å². The summed E-state index contributed by atoms with van der Waals surface area (Å²) in [5, 5.41) is 4.27. The molecule has 6 nitrogen and oxygen atoms in total. The number of halogens is 2. The molecule has 2 aromatic heterocycles. The van der Waals surface area contributed by atoms with E-state index >= 15 is 0 Å². The molecular weight excluding hydrogens is 449 g/mol. The van der Waals surface area contributed by atoms with Gasteiger partial charge in [-0.1, -0.05) is 47.5 Å². The summed E-state index contributed by atoms with van der Waals surface area (Å²) in [6, 6.07) is 17.5. The molecule has 0 atom stereocenters. The normalized spacial score (nSPS) is 10.7. The Bertz CT molecular complexity index is 1300. The lowest BCUT2D eigenvalue weighted by Gasteiger charge is -2.11. The maximum Gasteiger partial charge on any atom is 0.339 e. The van der Waals surface area contributed by atoms with Gasteiger partial charge in [0.15, 0.2) is 6.61 Å². The van der Waals surface area contributed by atoms with Crippen LogP contribution in [0.3, 0.4) is 0 Å². The molecule has 1 amide bonds. The molecule has 4 aromatic rings. The topological polar surface area (TPSA) is 81.2 Å². The summed E-state index contributed by atoms with van der Waals surface area (Å²) in [5.41, 5.74) is 3.11. The van der Waals surface area contributed by atoms with Crippen LogP contribution in [0.5, 0.6) is 0 Å². The third kappa shape index (κ3) is 5.04. The van der Waals surface area contributed by atoms with Crippen LogP contribution in [-0.4, -0.2) is 28.5 Å². The molecule has 0 aliphatic heterocycles. The molecule has 0 unspecified atom stereocenters. The molecular formula is C24H17Cl2N3O3. The molecule has 1 N–H and O–H groups in total. The third-order valence-corrected chi connectivity index (χ3v) is 5.32. The first-order chi connectivity index (χ1) is 15.5. The number of amides is 1. The van der Waals surface area contributed by atoms with Gasteiger partial charge in [-0.15, -0.1) is 0 Å². The number of carbonyl (C=O) groups excluding carboxylic acids is 2. The zero-order valence-electron chi connectivity index (χ0n) is 16.7. The molecule has 0 radical (unpaired) electrons. The number of rotatable bonds is 6. The van der Waals surface area contributed by atoms with Crippen LogP contribution in [0.2, 0.25) is 10.0 Å². The first-order valence-corrected chi connectivity index (χ1v) is 10.4. The maximum absolute atomic E-state index is 12.8. The zero-order chi connectivity index (χ0) is 22.5. The minimum absolute atomic E-state index is 0.191. The van der Waals surface area contributed by atoms with Gasteiger partial charge in [0.05, 0.1) is 16.8 Å². The molecule has 0 aliphatic carbocycles. The van der Waals surface area contributed by atoms with E-state index in [1.165, 1.54) is 0 Å². The number of hydrogen-bond donors (Lipinski definition) is 1. The minimum atomic E-state index is -0.612. The number of benzene rings is 2. The standard InChI is InChI=1S/C24H17Cl2N3O3/c25-17-6-5-16(20(26)11-17)13-28-23(30)14-32-24(31)19-12-22(15-7-9-27-10-8-15)29-21-4-2-1-3-18(19)21/h1-12H,13-14H2,(H,28,30). The molecule has 32 heavy (non-hydrogen) atoms. The highest BCUT2D eigenvalue weighted by molar-refractivity contribution is 6.35. The van der Waals surface area contributed by atoms with Crippen molar-refractivity contribution in [1.29, 1.82) is 0 Å². The van der Waals surface area contributed by atoms with Crippen molar-refractivity contribution in [2.75, 3.05) is 6.61 Å². The summed E-state index contributed by atoms with van der Waals surface area (Å²) < 4.78 is 5.28. The summed E-state index contributed by atoms with van der Waals surface area (Å²) in [6.07, 6.45) is 3.31. The fraction of sp³-hybridized carbons (Fsp3) is 0.0833. The van der Waals surface area contributed by atoms with Crippen molar-refractivity contribution >= 4 is 46.0 Å². The average Bonchev–Trinajstić information content (AvgIpc) is 2.81. The van der Waals surface area contributed by atoms with Gasteiger partial charge in [0.1, 0.15) is 0 Å². The van der Waals surface area contributed by atoms with Gasteiger partial charge in [0.2, 0.25) is 0 Å². The van der Waals surface area contributed by atoms with Crippen LogP contribution in [0.25, 0.3) is 22.2 Å². The highest BCUT2D eigenvalue weighted by atomic mass is 35.5. The highest BCUT2D eigenvalue weighted by Gasteiger charge is 2.16. The number of carbonyl (C=O) groups is 2. The van der Waals surface area contributed by atoms with Gasteiger partial charge < -0.3 is 10.1 Å². The Hall–Kier alpha value is -3.48. The molecule has 0 aliphatic rings. The summed E-state index contributed by atoms with van der Waals surface area (Å²) in [7, 11) is 0. The molecule has 2 aromatic carbocycles. The quantitative estimate of drug-likeness (QED) is 0.401. The fourth-order valence-electron chi connectivity index (χ4n) is 3.13. The molecule has 160 valence electrons. The lowest BCUT2D eigenvalue weighted by molar-refractivity contribution is -0.124. The van der Waals surface area contributed by atoms with Crippen molar-refractivity contribution in [3.63, 3.8) is 0 Å². The van der Waals surface area contributed by atoms with Crippen LogP contribution >= 0.6 is 23.2 Å². The van der Waals surface area contributed by atoms with Crippen LogP contribution in [0.15, 0.2) is 73.1 Å². The van der Waals surface area contributed by atoms with E-state index in [2.05, 4.69) is 15.3 Å². The van der Waals surface area contributed by atoms with E-state index in [1.54, 1.807) is 42.7 Å². The molecule has 0 fully saturated rings. The van der Waals surface area contributed by atoms with E-state index in [-0.39, 0.29) is 6.54 Å². The number of para-hydroxylation sites is 1. The number of pyridine rings is 2. The van der Waals surface area contributed by atoms with Crippen LogP contribution in [-0.2, 0) is 16.1 Å². The van der Waals surface area contributed by atoms with Crippen LogP contribution in [0.4, 0.5) is 0 Å². The van der Waals surface area contributed by atoms with Gasteiger partial charge in [0.25, 0.3) is 5.91 Å². The number of hydrogen-bond acceptors (Lipinski definition) is 5. The third-order valence-electron chi connectivity index (χ3n) is 4.74. The molecule has 0 bridgehead atoms. The second-order valence-electron chi connectivity index (χ2n) is 6.90. The first kappa shape index (κ1) is 21.7. The van der Waals surface area contributed by atoms with Gasteiger partial charge in [-0.3, -0.25) is 9.78 Å². The Morgan fingerprint density at radius 2 is 1.75 bits per heavy atom. The summed E-state index contributed by atoms with van der Waals surface area (Å²) in [6.45, 7) is -0.234. The number of ether oxygens (including phenoxy) is 1. The molecule has 0 saturated carbocycles. The van der Waals surface area contributed by atoms with Crippen molar-refractivity contribution < 1.29 is 14.3 Å². The Kier molecular flexibility index (Phi) is 6.63. The predicted molar refractivity (Wildman–Crippen MR) is 124 cm³/mol. The first-order valence-electron chi connectivity index (χ1n) is 9.69.